The van der Waals surface area contributed by atoms with Gasteiger partial charge in [-0.2, -0.15) is 0 Å². The van der Waals surface area contributed by atoms with E-state index in [0.29, 0.717) is 24.7 Å². The third kappa shape index (κ3) is 6.50. The lowest BCUT2D eigenvalue weighted by molar-refractivity contribution is -0.119. The molecule has 0 aliphatic rings. The minimum absolute atomic E-state index is 0.340. The first kappa shape index (κ1) is 12.3. The second-order valence-electron chi connectivity index (χ2n) is 3.50. The van der Waals surface area contributed by atoms with Gasteiger partial charge in [0.2, 0.25) is 0 Å². The monoisotopic (exact) mass is 183 g/mol. The van der Waals surface area contributed by atoms with Crippen LogP contribution in [0.1, 0.15) is 46.0 Å². The Hall–Kier alpha value is -0.660. The topological polar surface area (TPSA) is 29.4 Å². The van der Waals surface area contributed by atoms with Gasteiger partial charge in [-0.15, -0.1) is 0 Å². The van der Waals surface area contributed by atoms with Crippen LogP contribution in [-0.4, -0.2) is 19.0 Å². The van der Waals surface area contributed by atoms with Crippen molar-refractivity contribution >= 4 is 12.5 Å². The van der Waals surface area contributed by atoms with Crippen LogP contribution in [0.4, 0.5) is 0 Å². The number of carbonyl (C=O) groups is 1. The first-order valence-electron chi connectivity index (χ1n) is 5.18. The largest absolute Gasteiger partial charge is 0.300 e. The lowest BCUT2D eigenvalue weighted by Crippen LogP contribution is -2.08. The molecular formula is C11H21NO. The molecule has 0 aliphatic heterocycles. The molecule has 0 aromatic rings. The summed E-state index contributed by atoms with van der Waals surface area (Å²) in [6, 6.07) is 0. The molecule has 0 aliphatic carbocycles. The van der Waals surface area contributed by atoms with E-state index in [1.807, 2.05) is 0 Å². The number of rotatable bonds is 8. The maximum Gasteiger partial charge on any atom is 0.135 e. The van der Waals surface area contributed by atoms with Crippen LogP contribution >= 0.6 is 0 Å². The molecule has 0 fully saturated rings. The van der Waals surface area contributed by atoms with Crippen molar-refractivity contribution in [2.75, 3.05) is 6.54 Å². The summed E-state index contributed by atoms with van der Waals surface area (Å²) >= 11 is 0. The molecule has 76 valence electrons. The molecule has 1 atom stereocenters. The SMILES string of the molecule is C=NCCC(=O)CC(CC)CCC. The molecule has 0 aromatic heterocycles. The van der Waals surface area contributed by atoms with Crippen LogP contribution in [0.3, 0.4) is 0 Å². The van der Waals surface area contributed by atoms with Crippen molar-refractivity contribution in [1.82, 2.24) is 0 Å². The molecule has 0 aromatic carbocycles. The third-order valence-corrected chi connectivity index (χ3v) is 2.34. The summed E-state index contributed by atoms with van der Waals surface area (Å²) < 4.78 is 0. The summed E-state index contributed by atoms with van der Waals surface area (Å²) in [5, 5.41) is 0. The normalized spacial score (nSPS) is 12.5. The van der Waals surface area contributed by atoms with Crippen LogP contribution in [0.15, 0.2) is 4.99 Å². The minimum atomic E-state index is 0.340. The highest BCUT2D eigenvalue weighted by atomic mass is 16.1. The zero-order chi connectivity index (χ0) is 10.1. The summed E-state index contributed by atoms with van der Waals surface area (Å²) in [6.07, 6.45) is 4.76. The number of hydrogen-bond donors (Lipinski definition) is 0. The third-order valence-electron chi connectivity index (χ3n) is 2.34. The molecule has 0 bridgehead atoms. The second kappa shape index (κ2) is 7.96. The van der Waals surface area contributed by atoms with Gasteiger partial charge in [-0.25, -0.2) is 0 Å². The van der Waals surface area contributed by atoms with E-state index in [-0.39, 0.29) is 0 Å². The first-order chi connectivity index (χ1) is 6.24. The summed E-state index contributed by atoms with van der Waals surface area (Å²) in [5.74, 6) is 0.926. The molecule has 1 unspecified atom stereocenters. The molecule has 0 rings (SSSR count). The Labute approximate surface area is 81.4 Å². The van der Waals surface area contributed by atoms with Crippen molar-refractivity contribution in [3.05, 3.63) is 0 Å². The molecule has 0 spiro atoms. The van der Waals surface area contributed by atoms with Gasteiger partial charge < -0.3 is 4.99 Å². The van der Waals surface area contributed by atoms with E-state index in [1.165, 1.54) is 12.8 Å². The zero-order valence-corrected chi connectivity index (χ0v) is 8.88. The summed E-state index contributed by atoms with van der Waals surface area (Å²) in [6.45, 7) is 8.27. The average Bonchev–Trinajstić information content (AvgIpc) is 2.14. The van der Waals surface area contributed by atoms with Crippen molar-refractivity contribution in [3.8, 4) is 0 Å². The number of hydrogen-bond acceptors (Lipinski definition) is 2. The van der Waals surface area contributed by atoms with Crippen LogP contribution in [-0.2, 0) is 4.79 Å². The fourth-order valence-electron chi connectivity index (χ4n) is 1.49. The molecule has 2 heteroatoms. The van der Waals surface area contributed by atoms with Gasteiger partial charge in [0.1, 0.15) is 5.78 Å². The van der Waals surface area contributed by atoms with Crippen molar-refractivity contribution in [3.63, 3.8) is 0 Å². The Bertz CT molecular complexity index is 154. The fourth-order valence-corrected chi connectivity index (χ4v) is 1.49. The van der Waals surface area contributed by atoms with Crippen LogP contribution in [0.2, 0.25) is 0 Å². The maximum atomic E-state index is 11.4. The molecule has 0 N–H and O–H groups in total. The van der Waals surface area contributed by atoms with Gasteiger partial charge >= 0.3 is 0 Å². The molecule has 0 saturated carbocycles. The van der Waals surface area contributed by atoms with Crippen molar-refractivity contribution in [2.45, 2.75) is 46.0 Å². The number of nitrogens with zero attached hydrogens (tertiary/aromatic N) is 1. The van der Waals surface area contributed by atoms with Gasteiger partial charge in [0, 0.05) is 19.4 Å². The highest BCUT2D eigenvalue weighted by molar-refractivity contribution is 5.78. The molecule has 0 saturated heterocycles. The Morgan fingerprint density at radius 3 is 2.62 bits per heavy atom. The number of carbonyl (C=O) groups excluding carboxylic acids is 1. The molecule has 0 heterocycles. The summed E-state index contributed by atoms with van der Waals surface area (Å²) in [4.78, 5) is 15.0. The highest BCUT2D eigenvalue weighted by Gasteiger charge is 2.10. The lowest BCUT2D eigenvalue weighted by Gasteiger charge is -2.11. The van der Waals surface area contributed by atoms with E-state index in [0.717, 1.165) is 12.8 Å². The van der Waals surface area contributed by atoms with E-state index < -0.39 is 0 Å². The second-order valence-corrected chi connectivity index (χ2v) is 3.50. The van der Waals surface area contributed by atoms with Crippen LogP contribution in [0, 0.1) is 5.92 Å². The Morgan fingerprint density at radius 1 is 1.46 bits per heavy atom. The van der Waals surface area contributed by atoms with E-state index in [1.54, 1.807) is 0 Å². The van der Waals surface area contributed by atoms with Gasteiger partial charge in [-0.3, -0.25) is 4.79 Å². The maximum absolute atomic E-state index is 11.4. The highest BCUT2D eigenvalue weighted by Crippen LogP contribution is 2.16. The Kier molecular flexibility index (Phi) is 7.56. The standard InChI is InChI=1S/C11H21NO/c1-4-6-10(5-2)9-11(13)7-8-12-3/h10H,3-9H2,1-2H3. The minimum Gasteiger partial charge on any atom is -0.300 e. The quantitative estimate of drug-likeness (QED) is 0.532. The average molecular weight is 183 g/mol. The Balaban J connectivity index is 3.65. The molecule has 0 radical (unpaired) electrons. The summed E-state index contributed by atoms with van der Waals surface area (Å²) in [7, 11) is 0. The number of aliphatic imine (C=N–C) groups is 1. The van der Waals surface area contributed by atoms with Crippen molar-refractivity contribution < 1.29 is 4.79 Å². The molecule has 13 heavy (non-hydrogen) atoms. The van der Waals surface area contributed by atoms with Gasteiger partial charge in [-0.1, -0.05) is 33.1 Å². The smallest absolute Gasteiger partial charge is 0.135 e. The summed E-state index contributed by atoms with van der Waals surface area (Å²) in [5.41, 5.74) is 0. The fraction of sp³-hybridized carbons (Fsp3) is 0.818. The number of ketones is 1. The van der Waals surface area contributed by atoms with Crippen LogP contribution in [0.5, 0.6) is 0 Å². The van der Waals surface area contributed by atoms with Crippen molar-refractivity contribution in [1.29, 1.82) is 0 Å². The zero-order valence-electron chi connectivity index (χ0n) is 8.88. The predicted octanol–water partition coefficient (Wildman–Crippen LogP) is 2.86. The van der Waals surface area contributed by atoms with Gasteiger partial charge in [-0.05, 0) is 12.6 Å². The predicted molar refractivity (Wildman–Crippen MR) is 57.3 cm³/mol. The van der Waals surface area contributed by atoms with E-state index in [9.17, 15) is 4.79 Å². The molecular weight excluding hydrogens is 162 g/mol. The van der Waals surface area contributed by atoms with E-state index in [4.69, 9.17) is 0 Å². The Morgan fingerprint density at radius 2 is 2.15 bits per heavy atom. The number of Topliss-reactive ketones (excluding diaryl/α,β-unsaturated/α-hetero) is 1. The van der Waals surface area contributed by atoms with Gasteiger partial charge in [0.15, 0.2) is 0 Å². The van der Waals surface area contributed by atoms with Crippen LogP contribution in [0.25, 0.3) is 0 Å². The van der Waals surface area contributed by atoms with Crippen LogP contribution < -0.4 is 0 Å². The molecule has 0 amide bonds. The first-order valence-corrected chi connectivity index (χ1v) is 5.18. The van der Waals surface area contributed by atoms with E-state index >= 15 is 0 Å². The lowest BCUT2D eigenvalue weighted by atomic mass is 9.94. The van der Waals surface area contributed by atoms with Gasteiger partial charge in [0.25, 0.3) is 0 Å². The van der Waals surface area contributed by atoms with E-state index in [2.05, 4.69) is 25.6 Å². The van der Waals surface area contributed by atoms with Crippen molar-refractivity contribution in [2.24, 2.45) is 10.9 Å². The van der Waals surface area contributed by atoms with Gasteiger partial charge in [0.05, 0.1) is 0 Å². The molecule has 2 nitrogen and oxygen atoms in total.